The Bertz CT molecular complexity index is 1370. The zero-order valence-corrected chi connectivity index (χ0v) is 17.6. The van der Waals surface area contributed by atoms with Crippen LogP contribution < -0.4 is 19.0 Å². The Hall–Kier alpha value is -3.58. The molecule has 0 bridgehead atoms. The molecule has 4 aromatic rings. The molecule has 1 aliphatic rings. The molecule has 0 atom stereocenters. The summed E-state index contributed by atoms with van der Waals surface area (Å²) in [6.07, 6.45) is 1.78. The molecule has 0 saturated carbocycles. The molecule has 156 valence electrons. The third-order valence-electron chi connectivity index (χ3n) is 4.96. The molecule has 1 amide bonds. The van der Waals surface area contributed by atoms with Crippen LogP contribution in [-0.2, 0) is 11.3 Å². The van der Waals surface area contributed by atoms with Crippen LogP contribution in [0.5, 0.6) is 17.2 Å². The topological polar surface area (TPSA) is 62.1 Å². The summed E-state index contributed by atoms with van der Waals surface area (Å²) >= 11 is 1.43. The van der Waals surface area contributed by atoms with E-state index in [1.807, 2.05) is 59.2 Å². The second-order valence-corrected chi connectivity index (χ2v) is 8.06. The van der Waals surface area contributed by atoms with Gasteiger partial charge in [0.1, 0.15) is 19.0 Å². The fourth-order valence-corrected chi connectivity index (χ4v) is 4.61. The lowest BCUT2D eigenvalue weighted by molar-refractivity contribution is -0.120. The smallest absolute Gasteiger partial charge is 0.286 e. The van der Waals surface area contributed by atoms with E-state index in [9.17, 15) is 4.79 Å². The summed E-state index contributed by atoms with van der Waals surface area (Å²) in [4.78, 5) is 17.5. The van der Waals surface area contributed by atoms with Crippen LogP contribution in [0.1, 0.15) is 0 Å². The normalized spacial score (nSPS) is 13.5. The SMILES string of the molecule is C=CCn1c(=NC(=O)COc2ccc3ccccc3c2)sc2cc3c(cc21)OCCO3. The van der Waals surface area contributed by atoms with Gasteiger partial charge < -0.3 is 18.8 Å². The molecule has 0 spiro atoms. The number of benzene rings is 3. The molecule has 0 radical (unpaired) electrons. The van der Waals surface area contributed by atoms with Gasteiger partial charge in [-0.15, -0.1) is 6.58 Å². The highest BCUT2D eigenvalue weighted by molar-refractivity contribution is 7.16. The third kappa shape index (κ3) is 3.92. The van der Waals surface area contributed by atoms with E-state index in [0.717, 1.165) is 21.0 Å². The molecule has 1 aromatic heterocycles. The Morgan fingerprint density at radius 1 is 1.10 bits per heavy atom. The van der Waals surface area contributed by atoms with Gasteiger partial charge in [0.15, 0.2) is 22.9 Å². The van der Waals surface area contributed by atoms with Crippen molar-refractivity contribution in [3.8, 4) is 17.2 Å². The number of nitrogens with zero attached hydrogens (tertiary/aromatic N) is 2. The Morgan fingerprint density at radius 2 is 1.87 bits per heavy atom. The van der Waals surface area contributed by atoms with Crippen molar-refractivity contribution >= 4 is 38.2 Å². The number of hydrogen-bond donors (Lipinski definition) is 0. The summed E-state index contributed by atoms with van der Waals surface area (Å²) in [6.45, 7) is 5.26. The van der Waals surface area contributed by atoms with Gasteiger partial charge in [0, 0.05) is 18.7 Å². The molecule has 0 aliphatic carbocycles. The standard InChI is InChI=1S/C24H20N2O4S/c1-2-9-26-19-13-20-21(29-11-10-28-20)14-22(19)31-24(26)25-23(27)15-30-18-8-7-16-5-3-4-6-17(16)12-18/h2-8,12-14H,1,9-11,15H2. The maximum atomic E-state index is 12.6. The van der Waals surface area contributed by atoms with Crippen molar-refractivity contribution in [3.63, 3.8) is 0 Å². The maximum absolute atomic E-state index is 12.6. The van der Waals surface area contributed by atoms with Gasteiger partial charge in [-0.2, -0.15) is 4.99 Å². The molecule has 0 unspecified atom stereocenters. The summed E-state index contributed by atoms with van der Waals surface area (Å²) in [7, 11) is 0. The van der Waals surface area contributed by atoms with Crippen molar-refractivity contribution in [2.45, 2.75) is 6.54 Å². The number of fused-ring (bicyclic) bond motifs is 3. The minimum absolute atomic E-state index is 0.136. The molecule has 5 rings (SSSR count). The van der Waals surface area contributed by atoms with Crippen LogP contribution in [0.4, 0.5) is 0 Å². The number of ether oxygens (including phenoxy) is 3. The fraction of sp³-hybridized carbons (Fsp3) is 0.167. The van der Waals surface area contributed by atoms with E-state index < -0.39 is 0 Å². The number of aromatic nitrogens is 1. The van der Waals surface area contributed by atoms with Gasteiger partial charge in [-0.1, -0.05) is 47.7 Å². The molecular weight excluding hydrogens is 412 g/mol. The summed E-state index contributed by atoms with van der Waals surface area (Å²) in [5.41, 5.74) is 0.927. The molecule has 7 heteroatoms. The van der Waals surface area contributed by atoms with Crippen molar-refractivity contribution in [2.24, 2.45) is 4.99 Å². The number of hydrogen-bond acceptors (Lipinski definition) is 5. The highest BCUT2D eigenvalue weighted by Gasteiger charge is 2.16. The van der Waals surface area contributed by atoms with E-state index in [2.05, 4.69) is 11.6 Å². The number of thiazole rings is 1. The average molecular weight is 433 g/mol. The van der Waals surface area contributed by atoms with E-state index in [1.54, 1.807) is 6.08 Å². The first-order chi connectivity index (χ1) is 15.2. The number of carbonyl (C=O) groups is 1. The van der Waals surface area contributed by atoms with Gasteiger partial charge in [0.25, 0.3) is 5.91 Å². The minimum Gasteiger partial charge on any atom is -0.486 e. The largest absolute Gasteiger partial charge is 0.486 e. The van der Waals surface area contributed by atoms with Crippen LogP contribution in [0.3, 0.4) is 0 Å². The lowest BCUT2D eigenvalue weighted by Gasteiger charge is -2.18. The maximum Gasteiger partial charge on any atom is 0.286 e. The number of carbonyl (C=O) groups excluding carboxylic acids is 1. The third-order valence-corrected chi connectivity index (χ3v) is 6.00. The second kappa shape index (κ2) is 8.28. The van der Waals surface area contributed by atoms with Crippen LogP contribution in [-0.4, -0.2) is 30.3 Å². The minimum atomic E-state index is -0.352. The van der Waals surface area contributed by atoms with E-state index in [-0.39, 0.29) is 12.5 Å². The number of rotatable bonds is 5. The van der Waals surface area contributed by atoms with Crippen LogP contribution in [0.25, 0.3) is 21.0 Å². The van der Waals surface area contributed by atoms with Crippen LogP contribution >= 0.6 is 11.3 Å². The first kappa shape index (κ1) is 19.4. The molecule has 1 aliphatic heterocycles. The summed E-state index contributed by atoms with van der Waals surface area (Å²) in [5.74, 6) is 1.70. The second-order valence-electron chi connectivity index (χ2n) is 7.05. The summed E-state index contributed by atoms with van der Waals surface area (Å²) < 4.78 is 20.0. The Kier molecular flexibility index (Phi) is 5.18. The van der Waals surface area contributed by atoms with Crippen molar-refractivity contribution in [3.05, 3.63) is 72.1 Å². The molecule has 31 heavy (non-hydrogen) atoms. The van der Waals surface area contributed by atoms with Gasteiger partial charge in [-0.25, -0.2) is 0 Å². The molecule has 0 fully saturated rings. The van der Waals surface area contributed by atoms with Crippen LogP contribution in [0.15, 0.2) is 72.2 Å². The predicted octanol–water partition coefficient (Wildman–Crippen LogP) is 4.32. The van der Waals surface area contributed by atoms with Gasteiger partial charge in [-0.3, -0.25) is 4.79 Å². The molecule has 2 heterocycles. The number of allylic oxidation sites excluding steroid dienone is 1. The molecule has 0 saturated heterocycles. The van der Waals surface area contributed by atoms with E-state index >= 15 is 0 Å². The van der Waals surface area contributed by atoms with E-state index in [0.29, 0.717) is 41.8 Å². The van der Waals surface area contributed by atoms with E-state index in [1.165, 1.54) is 11.3 Å². The highest BCUT2D eigenvalue weighted by Crippen LogP contribution is 2.35. The lowest BCUT2D eigenvalue weighted by atomic mass is 10.1. The van der Waals surface area contributed by atoms with Crippen molar-refractivity contribution in [1.29, 1.82) is 0 Å². The first-order valence-electron chi connectivity index (χ1n) is 9.94. The average Bonchev–Trinajstić information content (AvgIpc) is 3.12. The number of amides is 1. The van der Waals surface area contributed by atoms with Crippen LogP contribution in [0, 0.1) is 0 Å². The fourth-order valence-electron chi connectivity index (χ4n) is 3.54. The molecular formula is C24H20N2O4S. The lowest BCUT2D eigenvalue weighted by Crippen LogP contribution is -2.19. The summed E-state index contributed by atoms with van der Waals surface area (Å²) in [5, 5.41) is 2.18. The van der Waals surface area contributed by atoms with Gasteiger partial charge >= 0.3 is 0 Å². The Balaban J connectivity index is 1.42. The van der Waals surface area contributed by atoms with Crippen molar-refractivity contribution < 1.29 is 19.0 Å². The van der Waals surface area contributed by atoms with Gasteiger partial charge in [0.05, 0.1) is 10.2 Å². The van der Waals surface area contributed by atoms with E-state index in [4.69, 9.17) is 14.2 Å². The summed E-state index contributed by atoms with van der Waals surface area (Å²) in [6, 6.07) is 17.6. The highest BCUT2D eigenvalue weighted by atomic mass is 32.1. The van der Waals surface area contributed by atoms with Crippen molar-refractivity contribution in [2.75, 3.05) is 19.8 Å². The van der Waals surface area contributed by atoms with Gasteiger partial charge in [-0.05, 0) is 22.9 Å². The zero-order chi connectivity index (χ0) is 21.2. The van der Waals surface area contributed by atoms with Crippen molar-refractivity contribution in [1.82, 2.24) is 4.57 Å². The molecule has 6 nitrogen and oxygen atoms in total. The molecule has 3 aromatic carbocycles. The molecule has 0 N–H and O–H groups in total. The quantitative estimate of drug-likeness (QED) is 0.441. The van der Waals surface area contributed by atoms with Crippen LogP contribution in [0.2, 0.25) is 0 Å². The zero-order valence-electron chi connectivity index (χ0n) is 16.7. The first-order valence-corrected chi connectivity index (χ1v) is 10.8. The Morgan fingerprint density at radius 3 is 2.68 bits per heavy atom. The Labute approximate surface area is 182 Å². The predicted molar refractivity (Wildman–Crippen MR) is 121 cm³/mol. The van der Waals surface area contributed by atoms with Gasteiger partial charge in [0.2, 0.25) is 0 Å². The monoisotopic (exact) mass is 432 g/mol.